The van der Waals surface area contributed by atoms with Crippen molar-refractivity contribution in [3.05, 3.63) is 0 Å². The average molecular weight is 257 g/mol. The molecule has 4 N–H and O–H groups in total. The highest BCUT2D eigenvalue weighted by Gasteiger charge is 2.25. The van der Waals surface area contributed by atoms with Gasteiger partial charge in [-0.2, -0.15) is 0 Å². The molecule has 1 aliphatic rings. The van der Waals surface area contributed by atoms with Gasteiger partial charge in [0, 0.05) is 19.1 Å². The number of nitrogens with zero attached hydrogens (tertiary/aromatic N) is 1. The third-order valence-corrected chi connectivity index (χ3v) is 3.19. The molecule has 0 radical (unpaired) electrons. The molecule has 6 heteroatoms. The maximum absolute atomic E-state index is 11.9. The summed E-state index contributed by atoms with van der Waals surface area (Å²) in [6, 6.07) is -1.10. The number of aliphatic carboxylic acids is 1. The number of amides is 2. The molecular formula is C12H23N3O3. The molecule has 1 rings (SSSR count). The number of unbranched alkanes of at least 4 members (excludes halogenated alkanes) is 1. The third kappa shape index (κ3) is 4.52. The van der Waals surface area contributed by atoms with Crippen LogP contribution in [0.1, 0.15) is 39.0 Å². The highest BCUT2D eigenvalue weighted by Crippen LogP contribution is 2.09. The summed E-state index contributed by atoms with van der Waals surface area (Å²) in [7, 11) is 0. The normalized spacial score (nSPS) is 21.4. The zero-order chi connectivity index (χ0) is 13.5. The Balaban J connectivity index is 2.46. The van der Waals surface area contributed by atoms with Crippen LogP contribution in [0.15, 0.2) is 0 Å². The van der Waals surface area contributed by atoms with E-state index in [1.807, 2.05) is 6.92 Å². The van der Waals surface area contributed by atoms with Crippen LogP contribution in [0, 0.1) is 0 Å². The molecule has 0 aromatic heterocycles. The van der Waals surface area contributed by atoms with Gasteiger partial charge in [0.15, 0.2) is 0 Å². The minimum Gasteiger partial charge on any atom is -0.480 e. The van der Waals surface area contributed by atoms with Gasteiger partial charge in [0.05, 0.1) is 0 Å². The summed E-state index contributed by atoms with van der Waals surface area (Å²) < 4.78 is 0. The van der Waals surface area contributed by atoms with Crippen LogP contribution in [-0.4, -0.2) is 47.2 Å². The lowest BCUT2D eigenvalue weighted by Crippen LogP contribution is -2.53. The van der Waals surface area contributed by atoms with E-state index in [1.165, 1.54) is 0 Å². The van der Waals surface area contributed by atoms with Crippen LogP contribution in [0.5, 0.6) is 0 Å². The molecule has 0 saturated carbocycles. The molecule has 6 nitrogen and oxygen atoms in total. The fraction of sp³-hybridized carbons (Fsp3) is 0.833. The van der Waals surface area contributed by atoms with Crippen molar-refractivity contribution in [1.82, 2.24) is 10.2 Å². The van der Waals surface area contributed by atoms with E-state index in [2.05, 4.69) is 5.32 Å². The van der Waals surface area contributed by atoms with Crippen LogP contribution in [0.4, 0.5) is 4.79 Å². The zero-order valence-electron chi connectivity index (χ0n) is 10.9. The van der Waals surface area contributed by atoms with Crippen LogP contribution in [0.3, 0.4) is 0 Å². The SMILES string of the molecule is CCCCC(NC(=O)N1CCCC(N)C1)C(=O)O. The summed E-state index contributed by atoms with van der Waals surface area (Å²) in [5.41, 5.74) is 5.80. The Bertz CT molecular complexity index is 296. The Morgan fingerprint density at radius 2 is 2.28 bits per heavy atom. The van der Waals surface area contributed by atoms with E-state index < -0.39 is 12.0 Å². The number of nitrogens with two attached hydrogens (primary N) is 1. The molecule has 2 atom stereocenters. The van der Waals surface area contributed by atoms with Gasteiger partial charge >= 0.3 is 12.0 Å². The Hall–Kier alpha value is -1.30. The smallest absolute Gasteiger partial charge is 0.326 e. The summed E-state index contributed by atoms with van der Waals surface area (Å²) in [5.74, 6) is -0.974. The first-order valence-electron chi connectivity index (χ1n) is 6.58. The third-order valence-electron chi connectivity index (χ3n) is 3.19. The lowest BCUT2D eigenvalue weighted by Gasteiger charge is -2.31. The number of carboxylic acid groups (broad SMARTS) is 1. The van der Waals surface area contributed by atoms with Crippen molar-refractivity contribution in [2.45, 2.75) is 51.1 Å². The van der Waals surface area contributed by atoms with Crippen molar-refractivity contribution in [3.63, 3.8) is 0 Å². The van der Waals surface area contributed by atoms with Crippen molar-refractivity contribution in [1.29, 1.82) is 0 Å². The quantitative estimate of drug-likeness (QED) is 0.677. The fourth-order valence-corrected chi connectivity index (χ4v) is 2.10. The monoisotopic (exact) mass is 257 g/mol. The number of hydrogen-bond acceptors (Lipinski definition) is 3. The second kappa shape index (κ2) is 7.20. The minimum absolute atomic E-state index is 0.00317. The van der Waals surface area contributed by atoms with Gasteiger partial charge in [-0.3, -0.25) is 0 Å². The maximum Gasteiger partial charge on any atom is 0.326 e. The van der Waals surface area contributed by atoms with E-state index in [4.69, 9.17) is 10.8 Å². The first-order chi connectivity index (χ1) is 8.54. The Morgan fingerprint density at radius 1 is 1.56 bits per heavy atom. The topological polar surface area (TPSA) is 95.7 Å². The van der Waals surface area contributed by atoms with Crippen LogP contribution in [0.25, 0.3) is 0 Å². The Kier molecular flexibility index (Phi) is 5.91. The number of likely N-dealkylation sites (tertiary alicyclic amines) is 1. The lowest BCUT2D eigenvalue weighted by atomic mass is 10.1. The molecule has 0 aromatic rings. The van der Waals surface area contributed by atoms with Gasteiger partial charge in [-0.05, 0) is 19.3 Å². The number of piperidine rings is 1. The highest BCUT2D eigenvalue weighted by atomic mass is 16.4. The van der Waals surface area contributed by atoms with Crippen LogP contribution in [0.2, 0.25) is 0 Å². The first-order valence-corrected chi connectivity index (χ1v) is 6.58. The summed E-state index contributed by atoms with van der Waals surface area (Å²) >= 11 is 0. The summed E-state index contributed by atoms with van der Waals surface area (Å²) in [6.07, 6.45) is 3.96. The van der Waals surface area contributed by atoms with Crippen molar-refractivity contribution >= 4 is 12.0 Å². The van der Waals surface area contributed by atoms with E-state index in [1.54, 1.807) is 4.90 Å². The first kappa shape index (κ1) is 14.8. The second-order valence-electron chi connectivity index (χ2n) is 4.83. The number of carboxylic acids is 1. The van der Waals surface area contributed by atoms with E-state index in [0.717, 1.165) is 25.7 Å². The highest BCUT2D eigenvalue weighted by molar-refractivity contribution is 5.82. The molecule has 2 amide bonds. The number of rotatable bonds is 5. The van der Waals surface area contributed by atoms with Gasteiger partial charge < -0.3 is 21.1 Å². The van der Waals surface area contributed by atoms with E-state index in [-0.39, 0.29) is 12.1 Å². The molecule has 1 heterocycles. The summed E-state index contributed by atoms with van der Waals surface area (Å²) in [6.45, 7) is 3.15. The predicted molar refractivity (Wildman–Crippen MR) is 68.3 cm³/mol. The fourth-order valence-electron chi connectivity index (χ4n) is 2.10. The number of carbonyl (C=O) groups is 2. The average Bonchev–Trinajstić information content (AvgIpc) is 2.33. The number of carbonyl (C=O) groups excluding carboxylic acids is 1. The second-order valence-corrected chi connectivity index (χ2v) is 4.83. The maximum atomic E-state index is 11.9. The summed E-state index contributed by atoms with van der Waals surface area (Å²) in [4.78, 5) is 24.6. The Labute approximate surface area is 108 Å². The van der Waals surface area contributed by atoms with Gasteiger partial charge in [-0.25, -0.2) is 9.59 Å². The van der Waals surface area contributed by atoms with Crippen LogP contribution < -0.4 is 11.1 Å². The van der Waals surface area contributed by atoms with Crippen LogP contribution >= 0.6 is 0 Å². The van der Waals surface area contributed by atoms with Crippen molar-refractivity contribution < 1.29 is 14.7 Å². The molecule has 1 saturated heterocycles. The van der Waals surface area contributed by atoms with E-state index in [9.17, 15) is 9.59 Å². The number of hydrogen-bond donors (Lipinski definition) is 3. The van der Waals surface area contributed by atoms with Gasteiger partial charge in [0.25, 0.3) is 0 Å². The standard InChI is InChI=1S/C12H23N3O3/c1-2-3-6-10(11(16)17)14-12(18)15-7-4-5-9(13)8-15/h9-10H,2-8,13H2,1H3,(H,14,18)(H,16,17). The zero-order valence-corrected chi connectivity index (χ0v) is 10.9. The van der Waals surface area contributed by atoms with Crippen molar-refractivity contribution in [3.8, 4) is 0 Å². The van der Waals surface area contributed by atoms with Crippen LogP contribution in [-0.2, 0) is 4.79 Å². The molecule has 1 fully saturated rings. The van der Waals surface area contributed by atoms with E-state index >= 15 is 0 Å². The number of urea groups is 1. The van der Waals surface area contributed by atoms with Crippen molar-refractivity contribution in [2.75, 3.05) is 13.1 Å². The molecule has 104 valence electrons. The van der Waals surface area contributed by atoms with E-state index in [0.29, 0.717) is 19.5 Å². The molecule has 0 spiro atoms. The molecular weight excluding hydrogens is 234 g/mol. The molecule has 2 unspecified atom stereocenters. The summed E-state index contributed by atoms with van der Waals surface area (Å²) in [5, 5.41) is 11.6. The minimum atomic E-state index is -0.974. The molecule has 0 bridgehead atoms. The van der Waals surface area contributed by atoms with Gasteiger partial charge in [-0.1, -0.05) is 19.8 Å². The number of nitrogens with one attached hydrogen (secondary N) is 1. The largest absolute Gasteiger partial charge is 0.480 e. The molecule has 18 heavy (non-hydrogen) atoms. The van der Waals surface area contributed by atoms with Gasteiger partial charge in [-0.15, -0.1) is 0 Å². The molecule has 1 aliphatic heterocycles. The van der Waals surface area contributed by atoms with Crippen molar-refractivity contribution in [2.24, 2.45) is 5.73 Å². The molecule has 0 aromatic carbocycles. The predicted octanol–water partition coefficient (Wildman–Crippen LogP) is 0.763. The van der Waals surface area contributed by atoms with Gasteiger partial charge in [0.1, 0.15) is 6.04 Å². The molecule has 0 aliphatic carbocycles. The Morgan fingerprint density at radius 3 is 2.83 bits per heavy atom. The lowest BCUT2D eigenvalue weighted by molar-refractivity contribution is -0.139. The van der Waals surface area contributed by atoms with Gasteiger partial charge in [0.2, 0.25) is 0 Å².